The highest BCUT2D eigenvalue weighted by molar-refractivity contribution is 7.09. The van der Waals surface area contributed by atoms with E-state index in [4.69, 9.17) is 5.73 Å². The average Bonchev–Trinajstić information content (AvgIpc) is 2.71. The lowest BCUT2D eigenvalue weighted by molar-refractivity contribution is 0.100. The molecule has 0 aliphatic rings. The lowest BCUT2D eigenvalue weighted by atomic mass is 10.2. The number of carbonyl (C=O) groups excluding carboxylic acids is 1. The van der Waals surface area contributed by atoms with Crippen LogP contribution in [0.4, 0.5) is 0 Å². The van der Waals surface area contributed by atoms with Crippen molar-refractivity contribution in [2.45, 2.75) is 6.92 Å². The van der Waals surface area contributed by atoms with Gasteiger partial charge in [-0.2, -0.15) is 0 Å². The number of benzene rings is 1. The van der Waals surface area contributed by atoms with Crippen LogP contribution in [0.25, 0.3) is 0 Å². The van der Waals surface area contributed by atoms with Gasteiger partial charge in [-0.15, -0.1) is 11.3 Å². The van der Waals surface area contributed by atoms with Gasteiger partial charge in [0.1, 0.15) is 0 Å². The van der Waals surface area contributed by atoms with Crippen LogP contribution in [0.15, 0.2) is 41.9 Å². The number of hydrogen-bond acceptors (Lipinski definition) is 3. The van der Waals surface area contributed by atoms with Gasteiger partial charge in [-0.3, -0.25) is 9.78 Å². The summed E-state index contributed by atoms with van der Waals surface area (Å²) in [6.45, 7) is 1.99. The second-order valence-electron chi connectivity index (χ2n) is 2.78. The number of rotatable bonds is 1. The van der Waals surface area contributed by atoms with E-state index in [1.807, 2.05) is 18.4 Å². The molecule has 0 aliphatic heterocycles. The monoisotopic (exact) mass is 220 g/mol. The van der Waals surface area contributed by atoms with E-state index in [1.54, 1.807) is 41.8 Å². The number of aromatic nitrogens is 1. The molecule has 0 aliphatic carbocycles. The molecule has 1 amide bonds. The largest absolute Gasteiger partial charge is 0.366 e. The van der Waals surface area contributed by atoms with Crippen LogP contribution in [0.5, 0.6) is 0 Å². The quantitative estimate of drug-likeness (QED) is 0.801. The minimum Gasteiger partial charge on any atom is -0.366 e. The van der Waals surface area contributed by atoms with Gasteiger partial charge < -0.3 is 5.73 Å². The third-order valence-corrected chi connectivity index (χ3v) is 2.32. The molecule has 1 aromatic carbocycles. The van der Waals surface area contributed by atoms with E-state index in [0.717, 1.165) is 5.01 Å². The molecule has 4 heteroatoms. The van der Waals surface area contributed by atoms with E-state index in [-0.39, 0.29) is 5.91 Å². The summed E-state index contributed by atoms with van der Waals surface area (Å²) in [6.07, 6.45) is 1.81. The molecule has 0 spiro atoms. The van der Waals surface area contributed by atoms with E-state index >= 15 is 0 Å². The number of hydrogen-bond donors (Lipinski definition) is 1. The highest BCUT2D eigenvalue weighted by Gasteiger charge is 1.93. The van der Waals surface area contributed by atoms with E-state index in [0.29, 0.717) is 5.56 Å². The lowest BCUT2D eigenvalue weighted by Gasteiger charge is -1.89. The molecule has 15 heavy (non-hydrogen) atoms. The molecule has 0 unspecified atom stereocenters. The molecule has 1 heterocycles. The van der Waals surface area contributed by atoms with Crippen LogP contribution >= 0.6 is 11.3 Å². The van der Waals surface area contributed by atoms with E-state index in [9.17, 15) is 4.79 Å². The zero-order valence-corrected chi connectivity index (χ0v) is 9.20. The minimum atomic E-state index is -0.379. The Kier molecular flexibility index (Phi) is 4.50. The second kappa shape index (κ2) is 5.93. The number of nitrogens with two attached hydrogens (primary N) is 1. The number of amides is 1. The maximum atomic E-state index is 10.4. The third-order valence-electron chi connectivity index (χ3n) is 1.61. The average molecular weight is 220 g/mol. The van der Waals surface area contributed by atoms with Gasteiger partial charge in [-0.25, -0.2) is 0 Å². The van der Waals surface area contributed by atoms with Gasteiger partial charge in [0.2, 0.25) is 5.91 Å². The Balaban J connectivity index is 0.000000162. The number of thiazole rings is 1. The highest BCUT2D eigenvalue weighted by Crippen LogP contribution is 1.98. The van der Waals surface area contributed by atoms with Gasteiger partial charge >= 0.3 is 0 Å². The summed E-state index contributed by atoms with van der Waals surface area (Å²) in [7, 11) is 0. The van der Waals surface area contributed by atoms with Crippen molar-refractivity contribution in [3.05, 3.63) is 52.5 Å². The smallest absolute Gasteiger partial charge is 0.248 e. The molecule has 0 atom stereocenters. The molecule has 2 rings (SSSR count). The standard InChI is InChI=1S/C7H7NO.C4H5NS/c8-7(9)6-4-2-1-3-5-6;1-4-5-2-3-6-4/h1-5H,(H2,8,9);2-3H,1H3. The molecular formula is C11H12N2OS. The van der Waals surface area contributed by atoms with Crippen LogP contribution in [-0.2, 0) is 0 Å². The number of aryl methyl sites for hydroxylation is 1. The first-order valence-electron chi connectivity index (χ1n) is 4.41. The molecule has 0 saturated heterocycles. The maximum Gasteiger partial charge on any atom is 0.248 e. The molecule has 2 N–H and O–H groups in total. The minimum absolute atomic E-state index is 0.379. The fourth-order valence-electron chi connectivity index (χ4n) is 0.897. The van der Waals surface area contributed by atoms with Gasteiger partial charge in [-0.1, -0.05) is 18.2 Å². The van der Waals surface area contributed by atoms with Crippen LogP contribution in [0.1, 0.15) is 15.4 Å². The molecule has 3 nitrogen and oxygen atoms in total. The number of primary amides is 1. The van der Waals surface area contributed by atoms with Crippen molar-refractivity contribution in [3.8, 4) is 0 Å². The van der Waals surface area contributed by atoms with E-state index in [2.05, 4.69) is 4.98 Å². The van der Waals surface area contributed by atoms with Crippen molar-refractivity contribution >= 4 is 17.2 Å². The first-order valence-corrected chi connectivity index (χ1v) is 5.29. The Labute approximate surface area is 92.6 Å². The summed E-state index contributed by atoms with van der Waals surface area (Å²) >= 11 is 1.67. The van der Waals surface area contributed by atoms with Crippen molar-refractivity contribution < 1.29 is 4.79 Å². The Morgan fingerprint density at radius 1 is 1.33 bits per heavy atom. The SMILES string of the molecule is Cc1nccs1.NC(=O)c1ccccc1. The summed E-state index contributed by atoms with van der Waals surface area (Å²) < 4.78 is 0. The summed E-state index contributed by atoms with van der Waals surface area (Å²) in [4.78, 5) is 14.4. The van der Waals surface area contributed by atoms with E-state index in [1.165, 1.54) is 0 Å². The molecule has 0 saturated carbocycles. The van der Waals surface area contributed by atoms with Crippen LogP contribution in [-0.4, -0.2) is 10.9 Å². The molecule has 0 fully saturated rings. The zero-order chi connectivity index (χ0) is 11.1. The summed E-state index contributed by atoms with van der Waals surface area (Å²) in [6, 6.07) is 8.76. The van der Waals surface area contributed by atoms with Gasteiger partial charge in [0, 0.05) is 17.1 Å². The maximum absolute atomic E-state index is 10.4. The number of nitrogens with zero attached hydrogens (tertiary/aromatic N) is 1. The summed E-state index contributed by atoms with van der Waals surface area (Å²) in [5, 5.41) is 3.10. The predicted molar refractivity (Wildman–Crippen MR) is 61.8 cm³/mol. The van der Waals surface area contributed by atoms with Crippen LogP contribution < -0.4 is 5.73 Å². The van der Waals surface area contributed by atoms with Crippen molar-refractivity contribution in [1.82, 2.24) is 4.98 Å². The Morgan fingerprint density at radius 2 is 2.00 bits per heavy atom. The predicted octanol–water partition coefficient (Wildman–Crippen LogP) is 2.24. The first-order chi connectivity index (χ1) is 7.20. The fraction of sp³-hybridized carbons (Fsp3) is 0.0909. The number of carbonyl (C=O) groups is 1. The molecule has 2 aromatic rings. The summed E-state index contributed by atoms with van der Waals surface area (Å²) in [5.41, 5.74) is 5.53. The molecule has 78 valence electrons. The fourth-order valence-corrected chi connectivity index (χ4v) is 1.34. The van der Waals surface area contributed by atoms with E-state index < -0.39 is 0 Å². The van der Waals surface area contributed by atoms with Crippen molar-refractivity contribution in [3.63, 3.8) is 0 Å². The summed E-state index contributed by atoms with van der Waals surface area (Å²) in [5.74, 6) is -0.379. The van der Waals surface area contributed by atoms with Gasteiger partial charge in [0.15, 0.2) is 0 Å². The lowest BCUT2D eigenvalue weighted by Crippen LogP contribution is -2.09. The van der Waals surface area contributed by atoms with Crippen molar-refractivity contribution in [2.24, 2.45) is 5.73 Å². The van der Waals surface area contributed by atoms with Crippen LogP contribution in [0.3, 0.4) is 0 Å². The Hall–Kier alpha value is -1.68. The zero-order valence-electron chi connectivity index (χ0n) is 8.38. The molecule has 1 aromatic heterocycles. The van der Waals surface area contributed by atoms with Crippen LogP contribution in [0.2, 0.25) is 0 Å². The highest BCUT2D eigenvalue weighted by atomic mass is 32.1. The van der Waals surface area contributed by atoms with Crippen molar-refractivity contribution in [1.29, 1.82) is 0 Å². The van der Waals surface area contributed by atoms with Crippen LogP contribution in [0, 0.1) is 6.92 Å². The van der Waals surface area contributed by atoms with Gasteiger partial charge in [0.25, 0.3) is 0 Å². The third kappa shape index (κ3) is 4.37. The normalized spacial score (nSPS) is 8.87. The molecule has 0 bridgehead atoms. The molecule has 0 radical (unpaired) electrons. The van der Waals surface area contributed by atoms with Gasteiger partial charge in [0.05, 0.1) is 5.01 Å². The second-order valence-corrected chi connectivity index (χ2v) is 3.88. The van der Waals surface area contributed by atoms with Gasteiger partial charge in [-0.05, 0) is 19.1 Å². The molecular weight excluding hydrogens is 208 g/mol. The Morgan fingerprint density at radius 3 is 2.27 bits per heavy atom. The topological polar surface area (TPSA) is 56.0 Å². The Bertz CT molecular complexity index is 398. The van der Waals surface area contributed by atoms with Crippen molar-refractivity contribution in [2.75, 3.05) is 0 Å². The first kappa shape index (κ1) is 11.4.